The molecule has 0 saturated heterocycles. The van der Waals surface area contributed by atoms with Gasteiger partial charge in [-0.1, -0.05) is 65.8 Å². The molecule has 0 amide bonds. The van der Waals surface area contributed by atoms with Gasteiger partial charge in [-0.15, -0.1) is 5.10 Å². The molecule has 0 aliphatic heterocycles. The fraction of sp³-hybridized carbons (Fsp3) is 0.0556. The van der Waals surface area contributed by atoms with E-state index >= 15 is 0 Å². The number of fused-ring (bicyclic) bond motifs is 1. The highest BCUT2D eigenvalue weighted by Gasteiger charge is 1.98. The van der Waals surface area contributed by atoms with Gasteiger partial charge in [0.15, 0.2) is 5.17 Å². The number of aromatic nitrogens is 1. The van der Waals surface area contributed by atoms with E-state index in [1.54, 1.807) is 12.4 Å². The standard InChI is InChI=1S/C18H15ClN4S/c19-17-9-15-7-6-14(8-16(15)11-21-17)10-22-23-18(20)24-12-13-4-2-1-3-5-13/h1-11H,12H2,(H2,20,23). The van der Waals surface area contributed by atoms with Crippen molar-refractivity contribution in [1.82, 2.24) is 4.98 Å². The number of hydrogen-bond donors (Lipinski definition) is 1. The summed E-state index contributed by atoms with van der Waals surface area (Å²) in [6, 6.07) is 17.8. The minimum absolute atomic E-state index is 0.435. The Morgan fingerprint density at radius 3 is 2.79 bits per heavy atom. The van der Waals surface area contributed by atoms with E-state index in [1.807, 2.05) is 42.5 Å². The lowest BCUT2D eigenvalue weighted by Gasteiger charge is -2.00. The molecule has 0 spiro atoms. The number of benzene rings is 2. The molecule has 24 heavy (non-hydrogen) atoms. The van der Waals surface area contributed by atoms with Gasteiger partial charge in [0.1, 0.15) is 5.15 Å². The van der Waals surface area contributed by atoms with E-state index in [4.69, 9.17) is 17.3 Å². The number of hydrogen-bond acceptors (Lipinski definition) is 4. The van der Waals surface area contributed by atoms with E-state index < -0.39 is 0 Å². The molecule has 0 unspecified atom stereocenters. The summed E-state index contributed by atoms with van der Waals surface area (Å²) in [6.45, 7) is 0. The van der Waals surface area contributed by atoms with Crippen LogP contribution in [0.3, 0.4) is 0 Å². The van der Waals surface area contributed by atoms with Crippen molar-refractivity contribution in [2.75, 3.05) is 0 Å². The van der Waals surface area contributed by atoms with Gasteiger partial charge in [-0.05, 0) is 28.6 Å². The summed E-state index contributed by atoms with van der Waals surface area (Å²) in [4.78, 5) is 4.08. The summed E-state index contributed by atoms with van der Waals surface area (Å²) in [5.74, 6) is 0.772. The molecule has 3 aromatic rings. The van der Waals surface area contributed by atoms with E-state index in [0.717, 1.165) is 22.1 Å². The van der Waals surface area contributed by atoms with Crippen molar-refractivity contribution in [3.05, 3.63) is 77.1 Å². The summed E-state index contributed by atoms with van der Waals surface area (Å²) >= 11 is 7.34. The molecule has 1 aromatic heterocycles. The molecule has 0 saturated carbocycles. The van der Waals surface area contributed by atoms with Crippen molar-refractivity contribution in [3.8, 4) is 0 Å². The molecule has 0 radical (unpaired) electrons. The third-order valence-corrected chi connectivity index (χ3v) is 4.37. The third kappa shape index (κ3) is 4.57. The molecule has 0 fully saturated rings. The number of thioether (sulfide) groups is 1. The number of rotatable bonds is 4. The number of nitrogens with zero attached hydrogens (tertiary/aromatic N) is 3. The van der Waals surface area contributed by atoms with Crippen LogP contribution in [0, 0.1) is 0 Å². The Kier molecular flexibility index (Phi) is 5.46. The quantitative estimate of drug-likeness (QED) is 0.325. The maximum Gasteiger partial charge on any atom is 0.180 e. The Morgan fingerprint density at radius 1 is 1.12 bits per heavy atom. The fourth-order valence-corrected chi connectivity index (χ4v) is 2.90. The monoisotopic (exact) mass is 354 g/mol. The number of halogens is 1. The molecule has 0 aliphatic rings. The van der Waals surface area contributed by atoms with Gasteiger partial charge >= 0.3 is 0 Å². The van der Waals surface area contributed by atoms with Crippen LogP contribution >= 0.6 is 23.4 Å². The van der Waals surface area contributed by atoms with Crippen molar-refractivity contribution in [2.24, 2.45) is 15.9 Å². The normalized spacial score (nSPS) is 12.1. The highest BCUT2D eigenvalue weighted by Crippen LogP contribution is 2.18. The molecule has 2 aromatic carbocycles. The van der Waals surface area contributed by atoms with Crippen LogP contribution in [-0.4, -0.2) is 16.4 Å². The van der Waals surface area contributed by atoms with Crippen LogP contribution in [0.2, 0.25) is 5.15 Å². The summed E-state index contributed by atoms with van der Waals surface area (Å²) in [7, 11) is 0. The minimum Gasteiger partial charge on any atom is -0.377 e. The molecule has 0 aliphatic carbocycles. The zero-order chi connectivity index (χ0) is 16.8. The van der Waals surface area contributed by atoms with Gasteiger partial charge in [0, 0.05) is 17.3 Å². The van der Waals surface area contributed by atoms with Crippen LogP contribution in [0.15, 0.2) is 71.0 Å². The molecule has 4 nitrogen and oxygen atoms in total. The van der Waals surface area contributed by atoms with E-state index in [-0.39, 0.29) is 0 Å². The molecular weight excluding hydrogens is 340 g/mol. The van der Waals surface area contributed by atoms with Crippen LogP contribution in [0.25, 0.3) is 10.8 Å². The van der Waals surface area contributed by atoms with Crippen LogP contribution < -0.4 is 5.73 Å². The van der Waals surface area contributed by atoms with E-state index in [0.29, 0.717) is 10.3 Å². The SMILES string of the molecule is NC(=NN=Cc1ccc2cc(Cl)ncc2c1)SCc1ccccc1. The molecule has 1 heterocycles. The maximum atomic E-state index is 5.88. The first kappa shape index (κ1) is 16.5. The van der Waals surface area contributed by atoms with Crippen molar-refractivity contribution in [1.29, 1.82) is 0 Å². The Hall–Kier alpha value is -2.37. The fourth-order valence-electron chi connectivity index (χ4n) is 2.13. The lowest BCUT2D eigenvalue weighted by Crippen LogP contribution is -2.05. The zero-order valence-corrected chi connectivity index (χ0v) is 14.3. The van der Waals surface area contributed by atoms with Gasteiger partial charge in [-0.25, -0.2) is 4.98 Å². The average Bonchev–Trinajstić information content (AvgIpc) is 2.61. The maximum absolute atomic E-state index is 5.88. The Labute approximate surface area is 149 Å². The highest BCUT2D eigenvalue weighted by atomic mass is 35.5. The topological polar surface area (TPSA) is 63.6 Å². The van der Waals surface area contributed by atoms with Crippen LogP contribution in [0.5, 0.6) is 0 Å². The molecule has 3 rings (SSSR count). The second-order valence-corrected chi connectivity index (χ2v) is 6.45. The Morgan fingerprint density at radius 2 is 1.96 bits per heavy atom. The summed E-state index contributed by atoms with van der Waals surface area (Å²) < 4.78 is 0. The summed E-state index contributed by atoms with van der Waals surface area (Å²) in [5.41, 5.74) is 7.99. The first-order valence-electron chi connectivity index (χ1n) is 7.29. The zero-order valence-electron chi connectivity index (χ0n) is 12.8. The van der Waals surface area contributed by atoms with Crippen LogP contribution in [0.4, 0.5) is 0 Å². The molecule has 2 N–H and O–H groups in total. The second kappa shape index (κ2) is 7.95. The minimum atomic E-state index is 0.435. The Bertz CT molecular complexity index is 894. The molecule has 0 bridgehead atoms. The summed E-state index contributed by atoms with van der Waals surface area (Å²) in [5, 5.41) is 11.0. The van der Waals surface area contributed by atoms with E-state index in [9.17, 15) is 0 Å². The average molecular weight is 355 g/mol. The van der Waals surface area contributed by atoms with Crippen LogP contribution in [0.1, 0.15) is 11.1 Å². The number of nitrogens with two attached hydrogens (primary N) is 1. The van der Waals surface area contributed by atoms with Crippen molar-refractivity contribution < 1.29 is 0 Å². The first-order valence-corrected chi connectivity index (χ1v) is 8.65. The lowest BCUT2D eigenvalue weighted by molar-refractivity contribution is 1.25. The van der Waals surface area contributed by atoms with E-state index in [1.165, 1.54) is 17.3 Å². The molecule has 6 heteroatoms. The molecule has 120 valence electrons. The van der Waals surface area contributed by atoms with Crippen molar-refractivity contribution in [3.63, 3.8) is 0 Å². The van der Waals surface area contributed by atoms with E-state index in [2.05, 4.69) is 27.3 Å². The molecular formula is C18H15ClN4S. The molecule has 0 atom stereocenters. The predicted octanol–water partition coefficient (Wildman–Crippen LogP) is 4.47. The van der Waals surface area contributed by atoms with Crippen LogP contribution in [-0.2, 0) is 5.75 Å². The van der Waals surface area contributed by atoms with Crippen molar-refractivity contribution >= 4 is 45.5 Å². The van der Waals surface area contributed by atoms with Gasteiger partial charge < -0.3 is 5.73 Å². The van der Waals surface area contributed by atoms with Gasteiger partial charge in [0.05, 0.1) is 6.21 Å². The Balaban J connectivity index is 1.63. The lowest BCUT2D eigenvalue weighted by atomic mass is 10.1. The van der Waals surface area contributed by atoms with Gasteiger partial charge in [-0.2, -0.15) is 5.10 Å². The number of pyridine rings is 1. The number of amidine groups is 1. The predicted molar refractivity (Wildman–Crippen MR) is 104 cm³/mol. The smallest absolute Gasteiger partial charge is 0.180 e. The first-order chi connectivity index (χ1) is 11.7. The van der Waals surface area contributed by atoms with Crippen molar-refractivity contribution in [2.45, 2.75) is 5.75 Å². The van der Waals surface area contributed by atoms with Gasteiger partial charge in [-0.3, -0.25) is 0 Å². The third-order valence-electron chi connectivity index (χ3n) is 3.31. The highest BCUT2D eigenvalue weighted by molar-refractivity contribution is 8.13. The van der Waals surface area contributed by atoms with Gasteiger partial charge in [0.2, 0.25) is 0 Å². The van der Waals surface area contributed by atoms with Gasteiger partial charge in [0.25, 0.3) is 0 Å². The largest absolute Gasteiger partial charge is 0.377 e. The summed E-state index contributed by atoms with van der Waals surface area (Å²) in [6.07, 6.45) is 3.41. The second-order valence-electron chi connectivity index (χ2n) is 5.07.